The lowest BCUT2D eigenvalue weighted by Gasteiger charge is -2.32. The third-order valence-electron chi connectivity index (χ3n) is 12.8. The fraction of sp³-hybridized carbons (Fsp3) is 0.103. The number of hydrogen-bond donors (Lipinski definition) is 0. The van der Waals surface area contributed by atoms with Crippen molar-refractivity contribution < 1.29 is 8.83 Å². The number of hydrogen-bond acceptors (Lipinski definition) is 4. The zero-order valence-electron chi connectivity index (χ0n) is 35.5. The van der Waals surface area contributed by atoms with Gasteiger partial charge in [-0.2, -0.15) is 0 Å². The van der Waals surface area contributed by atoms with Crippen molar-refractivity contribution in [1.29, 1.82) is 0 Å². The molecule has 62 heavy (non-hydrogen) atoms. The maximum atomic E-state index is 6.85. The van der Waals surface area contributed by atoms with Crippen LogP contribution in [0, 0.1) is 13.8 Å². The minimum Gasteiger partial charge on any atom is -0.454 e. The van der Waals surface area contributed by atoms with Gasteiger partial charge in [-0.3, -0.25) is 0 Å². The predicted molar refractivity (Wildman–Crippen MR) is 262 cm³/mol. The van der Waals surface area contributed by atoms with Gasteiger partial charge in [0.2, 0.25) is 0 Å². The molecule has 298 valence electrons. The minimum atomic E-state index is -0.0127. The van der Waals surface area contributed by atoms with E-state index in [1.807, 2.05) is 12.1 Å². The van der Waals surface area contributed by atoms with Crippen LogP contribution in [0.25, 0.3) is 76.2 Å². The van der Waals surface area contributed by atoms with Crippen LogP contribution >= 0.6 is 0 Å². The van der Waals surface area contributed by atoms with Gasteiger partial charge in [0.15, 0.2) is 11.2 Å². The van der Waals surface area contributed by atoms with Crippen molar-refractivity contribution in [2.45, 2.75) is 40.0 Å². The molecule has 4 heteroatoms. The standard InChI is InChI=1S/C58H44N2O2/c1-35-14-10-16-40(30-35)59(48-22-12-20-44-42-18-6-8-24-52(42)61-56(44)48)50-34-51(47-29-27-38-33-39(58(3,4)5)32-37-26-28-46(50)55(47)54(37)38)60(41-17-11-15-36(2)31-41)49-23-13-21-45-43-19-7-9-25-53(43)62-57(45)49/h6-34H,1-5H3. The summed E-state index contributed by atoms with van der Waals surface area (Å²) in [6.45, 7) is 11.2. The van der Waals surface area contributed by atoms with E-state index in [4.69, 9.17) is 8.83 Å². The molecule has 2 heterocycles. The van der Waals surface area contributed by atoms with Crippen molar-refractivity contribution in [1.82, 2.24) is 0 Å². The maximum absolute atomic E-state index is 6.85. The van der Waals surface area contributed by atoms with Crippen molar-refractivity contribution >= 4 is 110 Å². The number of para-hydroxylation sites is 4. The zero-order chi connectivity index (χ0) is 41.9. The van der Waals surface area contributed by atoms with Gasteiger partial charge in [-0.1, -0.05) is 142 Å². The van der Waals surface area contributed by atoms with Crippen LogP contribution < -0.4 is 9.80 Å². The highest BCUT2D eigenvalue weighted by Gasteiger charge is 2.28. The number of fused-ring (bicyclic) bond motifs is 6. The molecule has 0 aliphatic carbocycles. The molecular formula is C58H44N2O2. The van der Waals surface area contributed by atoms with Gasteiger partial charge in [0.25, 0.3) is 0 Å². The Morgan fingerprint density at radius 3 is 1.29 bits per heavy atom. The Morgan fingerprint density at radius 1 is 0.371 bits per heavy atom. The Balaban J connectivity index is 1.26. The summed E-state index contributed by atoms with van der Waals surface area (Å²) in [6, 6.07) is 63.9. The zero-order valence-corrected chi connectivity index (χ0v) is 35.5. The number of rotatable bonds is 6. The van der Waals surface area contributed by atoms with E-state index in [0.29, 0.717) is 0 Å². The first-order valence-corrected chi connectivity index (χ1v) is 21.5. The number of aryl methyl sites for hydroxylation is 2. The molecule has 0 amide bonds. The van der Waals surface area contributed by atoms with Crippen molar-refractivity contribution in [2.75, 3.05) is 9.80 Å². The van der Waals surface area contributed by atoms with Crippen molar-refractivity contribution in [3.8, 4) is 0 Å². The molecule has 4 nitrogen and oxygen atoms in total. The van der Waals surface area contributed by atoms with Crippen LogP contribution in [0.3, 0.4) is 0 Å². The summed E-state index contributed by atoms with van der Waals surface area (Å²) in [4.78, 5) is 4.84. The Labute approximate surface area is 360 Å². The molecule has 10 aromatic carbocycles. The monoisotopic (exact) mass is 800 g/mol. The quantitative estimate of drug-likeness (QED) is 0.157. The molecule has 12 aromatic rings. The molecular weight excluding hydrogens is 757 g/mol. The Hall–Kier alpha value is -7.56. The molecule has 0 fully saturated rings. The number of benzene rings is 10. The van der Waals surface area contributed by atoms with Crippen LogP contribution in [0.4, 0.5) is 34.1 Å². The van der Waals surface area contributed by atoms with E-state index in [1.165, 1.54) is 38.2 Å². The Kier molecular flexibility index (Phi) is 7.89. The van der Waals surface area contributed by atoms with Gasteiger partial charge in [0, 0.05) is 49.1 Å². The van der Waals surface area contributed by atoms with Crippen molar-refractivity contribution in [2.24, 2.45) is 0 Å². The first-order valence-electron chi connectivity index (χ1n) is 21.5. The second kappa shape index (κ2) is 13.5. The molecule has 0 spiro atoms. The van der Waals surface area contributed by atoms with Crippen LogP contribution in [-0.4, -0.2) is 0 Å². The van der Waals surface area contributed by atoms with E-state index < -0.39 is 0 Å². The van der Waals surface area contributed by atoms with Crippen LogP contribution in [0.5, 0.6) is 0 Å². The number of anilines is 6. The summed E-state index contributed by atoms with van der Waals surface area (Å²) in [6.07, 6.45) is 0. The van der Waals surface area contributed by atoms with Gasteiger partial charge in [0.05, 0.1) is 22.7 Å². The molecule has 0 saturated heterocycles. The molecule has 0 N–H and O–H groups in total. The lowest BCUT2D eigenvalue weighted by molar-refractivity contribution is 0.591. The number of furan rings is 2. The van der Waals surface area contributed by atoms with Crippen LogP contribution in [0.15, 0.2) is 185 Å². The number of nitrogens with zero attached hydrogens (tertiary/aromatic N) is 2. The fourth-order valence-corrected chi connectivity index (χ4v) is 9.85. The van der Waals surface area contributed by atoms with E-state index in [2.05, 4.69) is 208 Å². The lowest BCUT2D eigenvalue weighted by Crippen LogP contribution is -2.15. The molecule has 0 atom stereocenters. The van der Waals surface area contributed by atoms with Crippen LogP contribution in [0.1, 0.15) is 37.5 Å². The summed E-state index contributed by atoms with van der Waals surface area (Å²) in [5, 5.41) is 11.6. The van der Waals surface area contributed by atoms with Gasteiger partial charge in [-0.25, -0.2) is 0 Å². The molecule has 0 aliphatic heterocycles. The highest BCUT2D eigenvalue weighted by molar-refractivity contribution is 6.29. The minimum absolute atomic E-state index is 0.0127. The average Bonchev–Trinajstić information content (AvgIpc) is 3.86. The summed E-state index contributed by atoms with van der Waals surface area (Å²) in [5.74, 6) is 0. The van der Waals surface area contributed by atoms with Gasteiger partial charge in [-0.15, -0.1) is 0 Å². The molecule has 0 radical (unpaired) electrons. The average molecular weight is 801 g/mol. The third kappa shape index (κ3) is 5.53. The van der Waals surface area contributed by atoms with Gasteiger partial charge in [-0.05, 0) is 107 Å². The summed E-state index contributed by atoms with van der Waals surface area (Å²) < 4.78 is 13.7. The molecule has 12 rings (SSSR count). The van der Waals surface area contributed by atoms with Gasteiger partial charge >= 0.3 is 0 Å². The summed E-state index contributed by atoms with van der Waals surface area (Å²) >= 11 is 0. The first-order chi connectivity index (χ1) is 30.2. The normalized spacial score (nSPS) is 12.3. The summed E-state index contributed by atoms with van der Waals surface area (Å²) in [5.41, 5.74) is 13.2. The highest BCUT2D eigenvalue weighted by atomic mass is 16.3. The second-order valence-corrected chi connectivity index (χ2v) is 17.9. The first kappa shape index (κ1) is 36.3. The highest BCUT2D eigenvalue weighted by Crippen LogP contribution is 2.53. The maximum Gasteiger partial charge on any atom is 0.159 e. The van der Waals surface area contributed by atoms with Crippen molar-refractivity contribution in [3.63, 3.8) is 0 Å². The van der Waals surface area contributed by atoms with E-state index in [9.17, 15) is 0 Å². The summed E-state index contributed by atoms with van der Waals surface area (Å²) in [7, 11) is 0. The Morgan fingerprint density at radius 2 is 0.823 bits per heavy atom. The van der Waals surface area contributed by atoms with Gasteiger partial charge in [0.1, 0.15) is 11.2 Å². The van der Waals surface area contributed by atoms with Crippen molar-refractivity contribution in [3.05, 3.63) is 193 Å². The smallest absolute Gasteiger partial charge is 0.159 e. The second-order valence-electron chi connectivity index (χ2n) is 17.9. The molecule has 2 aromatic heterocycles. The predicted octanol–water partition coefficient (Wildman–Crippen LogP) is 17.2. The van der Waals surface area contributed by atoms with E-state index in [1.54, 1.807) is 0 Å². The van der Waals surface area contributed by atoms with Gasteiger partial charge < -0.3 is 18.6 Å². The molecule has 0 bridgehead atoms. The largest absolute Gasteiger partial charge is 0.454 e. The van der Waals surface area contributed by atoms with Crippen LogP contribution in [0.2, 0.25) is 0 Å². The Bertz CT molecular complexity index is 3500. The van der Waals surface area contributed by atoms with E-state index in [-0.39, 0.29) is 5.41 Å². The van der Waals surface area contributed by atoms with Crippen LogP contribution in [-0.2, 0) is 5.41 Å². The fourth-order valence-electron chi connectivity index (χ4n) is 9.85. The molecule has 0 unspecified atom stereocenters. The topological polar surface area (TPSA) is 32.8 Å². The molecule has 0 saturated carbocycles. The molecule has 0 aliphatic rings. The third-order valence-corrected chi connectivity index (χ3v) is 12.8. The van der Waals surface area contributed by atoms with E-state index >= 15 is 0 Å². The lowest BCUT2D eigenvalue weighted by atomic mass is 9.83. The SMILES string of the molecule is Cc1cccc(N(c2cc(N(c3cccc(C)c3)c3cccc4c3oc3ccccc34)c3ccc4cc(C(C)(C)C)cc5ccc2c3c54)c2cccc3c2oc2ccccc23)c1. The van der Waals surface area contributed by atoms with E-state index in [0.717, 1.165) is 88.8 Å².